The molecule has 2 unspecified atom stereocenters. The van der Waals surface area contributed by atoms with Crippen molar-refractivity contribution in [2.24, 2.45) is 5.92 Å². The molecule has 19 heavy (non-hydrogen) atoms. The number of hydrogen-bond acceptors (Lipinski definition) is 3. The molecule has 1 amide bonds. The number of likely N-dealkylation sites (tertiary alicyclic amines) is 1. The summed E-state index contributed by atoms with van der Waals surface area (Å²) >= 11 is 9.69. The lowest BCUT2D eigenvalue weighted by Crippen LogP contribution is -2.38. The number of aryl methyl sites for hydroxylation is 1. The number of carbonyl (C=O) groups is 1. The molecular formula is C14H18ClNOS2. The highest BCUT2D eigenvalue weighted by Crippen LogP contribution is 2.34. The number of nitrogens with zero attached hydrogens (tertiary/aromatic N) is 1. The van der Waals surface area contributed by atoms with E-state index in [0.29, 0.717) is 11.8 Å². The fraction of sp³-hybridized carbons (Fsp3) is 0.643. The molecule has 2 atom stereocenters. The monoisotopic (exact) mass is 315 g/mol. The Hall–Kier alpha value is -0.190. The summed E-state index contributed by atoms with van der Waals surface area (Å²) in [6, 6.07) is 2.32. The third kappa shape index (κ3) is 2.55. The number of amides is 1. The number of rotatable bonds is 2. The highest BCUT2D eigenvalue weighted by atomic mass is 35.5. The van der Waals surface area contributed by atoms with Crippen molar-refractivity contribution < 1.29 is 4.79 Å². The predicted octanol–water partition coefficient (Wildman–Crippen LogP) is 3.63. The molecule has 2 nitrogen and oxygen atoms in total. The van der Waals surface area contributed by atoms with Crippen LogP contribution in [0.5, 0.6) is 0 Å². The number of thiophene rings is 1. The topological polar surface area (TPSA) is 20.3 Å². The Balaban J connectivity index is 1.82. The van der Waals surface area contributed by atoms with E-state index in [9.17, 15) is 4.79 Å². The van der Waals surface area contributed by atoms with Gasteiger partial charge >= 0.3 is 0 Å². The van der Waals surface area contributed by atoms with Crippen molar-refractivity contribution in [3.05, 3.63) is 21.4 Å². The van der Waals surface area contributed by atoms with E-state index in [4.69, 9.17) is 11.6 Å². The van der Waals surface area contributed by atoms with Crippen molar-refractivity contribution in [1.82, 2.24) is 4.90 Å². The van der Waals surface area contributed by atoms with Crippen LogP contribution < -0.4 is 0 Å². The average Bonchev–Trinajstić information content (AvgIpc) is 3.00. The van der Waals surface area contributed by atoms with Crippen LogP contribution in [-0.4, -0.2) is 35.0 Å². The molecular weight excluding hydrogens is 298 g/mol. The van der Waals surface area contributed by atoms with Crippen LogP contribution in [0.3, 0.4) is 0 Å². The van der Waals surface area contributed by atoms with Crippen LogP contribution in [0, 0.1) is 5.92 Å². The molecule has 5 heteroatoms. The van der Waals surface area contributed by atoms with Gasteiger partial charge in [-0.3, -0.25) is 4.79 Å². The largest absolute Gasteiger partial charge is 0.333 e. The summed E-state index contributed by atoms with van der Waals surface area (Å²) in [6.45, 7) is 3.05. The lowest BCUT2D eigenvalue weighted by Gasteiger charge is -2.24. The Morgan fingerprint density at radius 3 is 3.16 bits per heavy atom. The predicted molar refractivity (Wildman–Crippen MR) is 83.5 cm³/mol. The Morgan fingerprint density at radius 1 is 1.58 bits per heavy atom. The van der Waals surface area contributed by atoms with E-state index in [2.05, 4.69) is 13.0 Å². The van der Waals surface area contributed by atoms with Crippen molar-refractivity contribution >= 4 is 40.6 Å². The first-order chi connectivity index (χ1) is 9.20. The number of fused-ring (bicyclic) bond motifs is 1. The van der Waals surface area contributed by atoms with E-state index in [-0.39, 0.29) is 11.9 Å². The van der Waals surface area contributed by atoms with Gasteiger partial charge < -0.3 is 4.90 Å². The van der Waals surface area contributed by atoms with Gasteiger partial charge in [-0.1, -0.05) is 6.92 Å². The van der Waals surface area contributed by atoms with Gasteiger partial charge in [0, 0.05) is 29.1 Å². The molecule has 2 aliphatic rings. The van der Waals surface area contributed by atoms with Gasteiger partial charge in [-0.15, -0.1) is 22.9 Å². The van der Waals surface area contributed by atoms with Gasteiger partial charge in [0.2, 0.25) is 0 Å². The lowest BCUT2D eigenvalue weighted by atomic mass is 10.1. The summed E-state index contributed by atoms with van der Waals surface area (Å²) in [5.74, 6) is 3.51. The molecule has 0 aromatic carbocycles. The molecule has 0 saturated carbocycles. The maximum Gasteiger partial charge on any atom is 0.264 e. The third-order valence-corrected chi connectivity index (χ3v) is 6.69. The molecule has 0 aliphatic carbocycles. The molecule has 0 radical (unpaired) electrons. The van der Waals surface area contributed by atoms with Gasteiger partial charge in [0.15, 0.2) is 0 Å². The molecule has 3 heterocycles. The molecule has 0 bridgehead atoms. The Labute approximate surface area is 127 Å². The highest BCUT2D eigenvalue weighted by molar-refractivity contribution is 7.98. The molecule has 1 aromatic rings. The molecule has 3 rings (SSSR count). The fourth-order valence-electron chi connectivity index (χ4n) is 2.89. The van der Waals surface area contributed by atoms with Crippen LogP contribution in [-0.2, 0) is 12.2 Å². The molecule has 1 fully saturated rings. The first-order valence-electron chi connectivity index (χ1n) is 6.77. The molecule has 2 aliphatic heterocycles. The number of hydrogen-bond donors (Lipinski definition) is 0. The van der Waals surface area contributed by atoms with Crippen molar-refractivity contribution in [3.8, 4) is 0 Å². The van der Waals surface area contributed by atoms with E-state index < -0.39 is 0 Å². The third-order valence-electron chi connectivity index (χ3n) is 4.14. The Morgan fingerprint density at radius 2 is 2.42 bits per heavy atom. The van der Waals surface area contributed by atoms with Gasteiger partial charge in [0.1, 0.15) is 0 Å². The molecule has 0 spiro atoms. The Bertz CT molecular complexity index is 464. The number of carbonyl (C=O) groups excluding carboxylic acids is 1. The van der Waals surface area contributed by atoms with Crippen molar-refractivity contribution in [1.29, 1.82) is 0 Å². The second-order valence-electron chi connectivity index (χ2n) is 5.35. The molecule has 0 N–H and O–H groups in total. The number of halogens is 1. The first kappa shape index (κ1) is 13.8. The maximum absolute atomic E-state index is 12.7. The summed E-state index contributed by atoms with van der Waals surface area (Å²) in [7, 11) is 0. The van der Waals surface area contributed by atoms with Crippen molar-refractivity contribution in [2.75, 3.05) is 18.2 Å². The average molecular weight is 316 g/mol. The number of alkyl halides is 1. The minimum Gasteiger partial charge on any atom is -0.333 e. The molecule has 104 valence electrons. The van der Waals surface area contributed by atoms with Crippen molar-refractivity contribution in [2.45, 2.75) is 31.6 Å². The zero-order valence-electron chi connectivity index (χ0n) is 11.0. The van der Waals surface area contributed by atoms with Gasteiger partial charge in [-0.2, -0.15) is 11.8 Å². The summed E-state index contributed by atoms with van der Waals surface area (Å²) in [5, 5.41) is 0. The minimum absolute atomic E-state index is 0.194. The normalized spacial score (nSPS) is 26.5. The van der Waals surface area contributed by atoms with Gasteiger partial charge in [0.05, 0.1) is 4.88 Å². The zero-order valence-corrected chi connectivity index (χ0v) is 13.4. The summed E-state index contributed by atoms with van der Waals surface area (Å²) < 4.78 is 0. The quantitative estimate of drug-likeness (QED) is 0.777. The SMILES string of the molecule is CC1CCN(C(=O)c2cc3c(s2)CCSC3)C1CCl. The summed E-state index contributed by atoms with van der Waals surface area (Å²) in [5.41, 5.74) is 1.37. The zero-order chi connectivity index (χ0) is 13.4. The van der Waals surface area contributed by atoms with E-state index >= 15 is 0 Å². The highest BCUT2D eigenvalue weighted by Gasteiger charge is 2.35. The van der Waals surface area contributed by atoms with Gasteiger partial charge in [-0.05, 0) is 36.1 Å². The summed E-state index contributed by atoms with van der Waals surface area (Å²) in [4.78, 5) is 17.0. The first-order valence-corrected chi connectivity index (χ1v) is 9.27. The van der Waals surface area contributed by atoms with Crippen LogP contribution >= 0.6 is 34.7 Å². The van der Waals surface area contributed by atoms with Crippen LogP contribution in [0.2, 0.25) is 0 Å². The van der Waals surface area contributed by atoms with Crippen LogP contribution in [0.1, 0.15) is 33.5 Å². The maximum atomic E-state index is 12.7. The standard InChI is InChI=1S/C14H18ClNOS2/c1-9-2-4-16(11(9)7-15)14(17)13-6-10-8-18-5-3-12(10)19-13/h6,9,11H,2-5,7-8H2,1H3. The fourth-order valence-corrected chi connectivity index (χ4v) is 5.69. The van der Waals surface area contributed by atoms with E-state index in [1.165, 1.54) is 16.2 Å². The van der Waals surface area contributed by atoms with Crippen molar-refractivity contribution in [3.63, 3.8) is 0 Å². The van der Waals surface area contributed by atoms with E-state index in [1.807, 2.05) is 16.7 Å². The second kappa shape index (κ2) is 5.66. The lowest BCUT2D eigenvalue weighted by molar-refractivity contribution is 0.0742. The van der Waals surface area contributed by atoms with E-state index in [1.54, 1.807) is 11.3 Å². The smallest absolute Gasteiger partial charge is 0.264 e. The van der Waals surface area contributed by atoms with Gasteiger partial charge in [0.25, 0.3) is 5.91 Å². The van der Waals surface area contributed by atoms with Crippen LogP contribution in [0.25, 0.3) is 0 Å². The molecule has 1 aromatic heterocycles. The number of thioether (sulfide) groups is 1. The summed E-state index contributed by atoms with van der Waals surface area (Å²) in [6.07, 6.45) is 2.19. The minimum atomic E-state index is 0.194. The second-order valence-corrected chi connectivity index (χ2v) is 7.90. The Kier molecular flexibility index (Phi) is 4.11. The molecule has 1 saturated heterocycles. The van der Waals surface area contributed by atoms with Crippen LogP contribution in [0.15, 0.2) is 6.07 Å². The van der Waals surface area contributed by atoms with Crippen LogP contribution in [0.4, 0.5) is 0 Å². The van der Waals surface area contributed by atoms with Gasteiger partial charge in [-0.25, -0.2) is 0 Å². The van der Waals surface area contributed by atoms with E-state index in [0.717, 1.165) is 30.0 Å².